The van der Waals surface area contributed by atoms with Crippen LogP contribution in [-0.4, -0.2) is 66.4 Å². The van der Waals surface area contributed by atoms with E-state index in [1.54, 1.807) is 35.6 Å². The molecule has 0 bridgehead atoms. The Morgan fingerprint density at radius 3 is 2.52 bits per heavy atom. The predicted molar refractivity (Wildman–Crippen MR) is 83.6 cm³/mol. The molecule has 1 saturated heterocycles. The lowest BCUT2D eigenvalue weighted by atomic mass is 9.97. The lowest BCUT2D eigenvalue weighted by Gasteiger charge is -2.44. The smallest absolute Gasteiger partial charge is 0.268 e. The van der Waals surface area contributed by atoms with E-state index in [0.29, 0.717) is 23.1 Å². The van der Waals surface area contributed by atoms with E-state index in [0.717, 1.165) is 0 Å². The Bertz CT molecular complexity index is 581. The van der Waals surface area contributed by atoms with Crippen LogP contribution in [0.1, 0.15) is 23.5 Å². The highest BCUT2D eigenvalue weighted by Gasteiger charge is 2.44. The fourth-order valence-corrected chi connectivity index (χ4v) is 3.21. The molecule has 0 aromatic carbocycles. The molecule has 8 heteroatoms. The number of rotatable bonds is 2. The van der Waals surface area contributed by atoms with Gasteiger partial charge in [-0.25, -0.2) is 4.98 Å². The van der Waals surface area contributed by atoms with Gasteiger partial charge in [0.15, 0.2) is 5.13 Å². The number of likely N-dealkylation sites (N-methyl/N-ethyl adjacent to an activating group) is 1. The Balaban J connectivity index is 2.34. The minimum atomic E-state index is -0.876. The van der Waals surface area contributed by atoms with E-state index in [9.17, 15) is 9.59 Å². The van der Waals surface area contributed by atoms with Crippen molar-refractivity contribution >= 4 is 34.1 Å². The van der Waals surface area contributed by atoms with E-state index in [-0.39, 0.29) is 17.6 Å². The topological polar surface area (TPSA) is 82.8 Å². The van der Waals surface area contributed by atoms with E-state index in [2.05, 4.69) is 4.98 Å². The quantitative estimate of drug-likeness (QED) is 0.859. The highest BCUT2D eigenvalue weighted by Crippen LogP contribution is 2.31. The molecule has 1 fully saturated rings. The molecule has 7 nitrogen and oxygen atoms in total. The summed E-state index contributed by atoms with van der Waals surface area (Å²) in [7, 11) is 5.43. The molecule has 0 atom stereocenters. The molecule has 2 rings (SSSR count). The normalized spacial score (nSPS) is 18.0. The Hall–Kier alpha value is -1.83. The zero-order valence-electron chi connectivity index (χ0n) is 13.0. The first-order chi connectivity index (χ1) is 9.66. The zero-order valence-corrected chi connectivity index (χ0v) is 13.8. The summed E-state index contributed by atoms with van der Waals surface area (Å²) in [5, 5.41) is 0.675. The average molecular weight is 311 g/mol. The summed E-state index contributed by atoms with van der Waals surface area (Å²) in [5.74, 6) is -0.0848. The molecule has 1 aliphatic heterocycles. The van der Waals surface area contributed by atoms with Gasteiger partial charge in [0.05, 0.1) is 0 Å². The highest BCUT2D eigenvalue weighted by atomic mass is 32.1. The first kappa shape index (κ1) is 15.6. The molecule has 2 heterocycles. The number of nitrogens with two attached hydrogens (primary N) is 1. The first-order valence-corrected chi connectivity index (χ1v) is 7.49. The van der Waals surface area contributed by atoms with Gasteiger partial charge in [-0.1, -0.05) is 11.3 Å². The van der Waals surface area contributed by atoms with Crippen molar-refractivity contribution in [1.29, 1.82) is 0 Å². The van der Waals surface area contributed by atoms with E-state index < -0.39 is 5.54 Å². The van der Waals surface area contributed by atoms with Crippen molar-refractivity contribution in [2.75, 3.05) is 44.9 Å². The van der Waals surface area contributed by atoms with Crippen LogP contribution < -0.4 is 10.6 Å². The van der Waals surface area contributed by atoms with Gasteiger partial charge in [-0.05, 0) is 13.8 Å². The summed E-state index contributed by atoms with van der Waals surface area (Å²) >= 11 is 1.25. The number of nitrogen functional groups attached to an aromatic ring is 1. The number of amides is 2. The second-order valence-electron chi connectivity index (χ2n) is 5.85. The van der Waals surface area contributed by atoms with E-state index in [1.807, 2.05) is 14.1 Å². The maximum atomic E-state index is 12.8. The molecule has 1 aliphatic rings. The SMILES string of the molecule is CN1CCN(C(=O)c2sc(N(C)C)nc2N)C(C)(C)C1=O. The minimum Gasteiger partial charge on any atom is -0.382 e. The van der Waals surface area contributed by atoms with Gasteiger partial charge in [-0.15, -0.1) is 0 Å². The standard InChI is InChI=1S/C13H21N5O2S/c1-13(2)11(20)17(5)6-7-18(13)10(19)8-9(14)15-12(21-8)16(3)4/h6-7,14H2,1-5H3. The van der Waals surface area contributed by atoms with Crippen molar-refractivity contribution in [2.45, 2.75) is 19.4 Å². The lowest BCUT2D eigenvalue weighted by molar-refractivity contribution is -0.144. The van der Waals surface area contributed by atoms with Gasteiger partial charge >= 0.3 is 0 Å². The second-order valence-corrected chi connectivity index (χ2v) is 6.83. The summed E-state index contributed by atoms with van der Waals surface area (Å²) in [6.07, 6.45) is 0. The van der Waals surface area contributed by atoms with Gasteiger partial charge in [0.1, 0.15) is 16.2 Å². The van der Waals surface area contributed by atoms with Crippen LogP contribution in [0.15, 0.2) is 0 Å². The summed E-state index contributed by atoms with van der Waals surface area (Å²) < 4.78 is 0. The largest absolute Gasteiger partial charge is 0.382 e. The van der Waals surface area contributed by atoms with E-state index in [4.69, 9.17) is 5.73 Å². The van der Waals surface area contributed by atoms with Gasteiger partial charge in [0, 0.05) is 34.2 Å². The van der Waals surface area contributed by atoms with Gasteiger partial charge in [0.2, 0.25) is 5.91 Å². The Labute approximate surface area is 128 Å². The Morgan fingerprint density at radius 2 is 2.00 bits per heavy atom. The van der Waals surface area contributed by atoms with Gasteiger partial charge in [-0.2, -0.15) is 0 Å². The van der Waals surface area contributed by atoms with Crippen LogP contribution in [-0.2, 0) is 4.79 Å². The molecule has 0 unspecified atom stereocenters. The fourth-order valence-electron chi connectivity index (χ4n) is 2.36. The first-order valence-electron chi connectivity index (χ1n) is 6.67. The van der Waals surface area contributed by atoms with Crippen molar-refractivity contribution < 1.29 is 9.59 Å². The molecule has 1 aromatic heterocycles. The van der Waals surface area contributed by atoms with Gasteiger partial charge in [-0.3, -0.25) is 9.59 Å². The molecule has 0 aliphatic carbocycles. The van der Waals surface area contributed by atoms with Crippen molar-refractivity contribution in [1.82, 2.24) is 14.8 Å². The second kappa shape index (κ2) is 5.18. The van der Waals surface area contributed by atoms with Crippen LogP contribution in [0.2, 0.25) is 0 Å². The lowest BCUT2D eigenvalue weighted by Crippen LogP contribution is -2.63. The monoisotopic (exact) mass is 311 g/mol. The minimum absolute atomic E-state index is 0.0713. The summed E-state index contributed by atoms with van der Waals surface area (Å²) in [6, 6.07) is 0. The number of aromatic nitrogens is 1. The van der Waals surface area contributed by atoms with Crippen LogP contribution in [0.25, 0.3) is 0 Å². The number of carbonyl (C=O) groups excluding carboxylic acids is 2. The summed E-state index contributed by atoms with van der Waals surface area (Å²) in [4.78, 5) is 34.6. The number of nitrogens with zero attached hydrogens (tertiary/aromatic N) is 4. The summed E-state index contributed by atoms with van der Waals surface area (Å²) in [6.45, 7) is 4.52. The van der Waals surface area contributed by atoms with Crippen LogP contribution in [0, 0.1) is 0 Å². The molecule has 0 saturated carbocycles. The maximum absolute atomic E-state index is 12.8. The number of thiazole rings is 1. The average Bonchev–Trinajstić information content (AvgIpc) is 2.78. The Morgan fingerprint density at radius 1 is 1.38 bits per heavy atom. The summed E-state index contributed by atoms with van der Waals surface area (Å²) in [5.41, 5.74) is 4.99. The number of anilines is 2. The third-order valence-corrected chi connectivity index (χ3v) is 4.89. The molecule has 1 aromatic rings. The number of hydrogen-bond donors (Lipinski definition) is 1. The van der Waals surface area contributed by atoms with Crippen LogP contribution in [0.4, 0.5) is 10.9 Å². The number of piperazine rings is 1. The Kier molecular flexibility index (Phi) is 3.83. The fraction of sp³-hybridized carbons (Fsp3) is 0.615. The van der Waals surface area contributed by atoms with Crippen LogP contribution in [0.3, 0.4) is 0 Å². The predicted octanol–water partition coefficient (Wildman–Crippen LogP) is 0.484. The number of carbonyl (C=O) groups is 2. The van der Waals surface area contributed by atoms with Crippen molar-refractivity contribution in [3.05, 3.63) is 4.88 Å². The molecular formula is C13H21N5O2S. The van der Waals surface area contributed by atoms with Crippen LogP contribution in [0.5, 0.6) is 0 Å². The van der Waals surface area contributed by atoms with Gasteiger partial charge in [0.25, 0.3) is 5.91 Å². The van der Waals surface area contributed by atoms with E-state index >= 15 is 0 Å². The number of hydrogen-bond acceptors (Lipinski definition) is 6. The molecule has 0 radical (unpaired) electrons. The van der Waals surface area contributed by atoms with Crippen LogP contribution >= 0.6 is 11.3 Å². The zero-order chi connectivity index (χ0) is 15.9. The molecule has 116 valence electrons. The van der Waals surface area contributed by atoms with Crippen molar-refractivity contribution in [2.24, 2.45) is 0 Å². The molecule has 2 amide bonds. The molecule has 0 spiro atoms. The highest BCUT2D eigenvalue weighted by molar-refractivity contribution is 7.18. The van der Waals surface area contributed by atoms with Crippen molar-refractivity contribution in [3.8, 4) is 0 Å². The third kappa shape index (κ3) is 2.55. The maximum Gasteiger partial charge on any atom is 0.268 e. The van der Waals surface area contributed by atoms with Gasteiger partial charge < -0.3 is 20.4 Å². The third-order valence-electron chi connectivity index (χ3n) is 3.67. The van der Waals surface area contributed by atoms with E-state index in [1.165, 1.54) is 11.3 Å². The molecule has 2 N–H and O–H groups in total. The molecular weight excluding hydrogens is 290 g/mol. The van der Waals surface area contributed by atoms with Crippen molar-refractivity contribution in [3.63, 3.8) is 0 Å². The molecule has 21 heavy (non-hydrogen) atoms.